The summed E-state index contributed by atoms with van der Waals surface area (Å²) in [6.07, 6.45) is 7.71. The summed E-state index contributed by atoms with van der Waals surface area (Å²) in [5.41, 5.74) is 0.614. The van der Waals surface area contributed by atoms with Crippen molar-refractivity contribution in [2.75, 3.05) is 10.6 Å². The minimum Gasteiger partial charge on any atom is -0.366 e. The lowest BCUT2D eigenvalue weighted by molar-refractivity contribution is 0.461. The number of rotatable bonds is 4. The number of nitrogens with one attached hydrogen (secondary N) is 2. The van der Waals surface area contributed by atoms with Crippen LogP contribution in [0, 0.1) is 5.82 Å². The third-order valence-corrected chi connectivity index (χ3v) is 3.98. The van der Waals surface area contributed by atoms with E-state index in [1.807, 2.05) is 0 Å². The molecule has 2 N–H and O–H groups in total. The van der Waals surface area contributed by atoms with Gasteiger partial charge in [-0.2, -0.15) is 10.1 Å². The van der Waals surface area contributed by atoms with E-state index in [0.717, 1.165) is 12.8 Å². The van der Waals surface area contributed by atoms with Crippen molar-refractivity contribution in [1.29, 1.82) is 0 Å². The maximum Gasteiger partial charge on any atom is 0.249 e. The third-order valence-electron chi connectivity index (χ3n) is 3.69. The van der Waals surface area contributed by atoms with Gasteiger partial charge < -0.3 is 10.6 Å². The van der Waals surface area contributed by atoms with Crippen molar-refractivity contribution in [3.8, 4) is 0 Å². The van der Waals surface area contributed by atoms with Crippen LogP contribution in [0.2, 0.25) is 5.02 Å². The standard InChI is InChI=1S/C15H17ClFN5/c16-12-8-11(6-7-13(12)17)20-15-21-14(9-18-22-15)19-10-4-2-1-3-5-10/h6-10H,1-5H2,(H2,19,20,21,22). The van der Waals surface area contributed by atoms with E-state index < -0.39 is 5.82 Å². The maximum absolute atomic E-state index is 13.1. The molecule has 2 aromatic rings. The highest BCUT2D eigenvalue weighted by Crippen LogP contribution is 2.23. The molecule has 1 aromatic heterocycles. The molecule has 1 saturated carbocycles. The van der Waals surface area contributed by atoms with E-state index in [0.29, 0.717) is 23.5 Å². The second-order valence-electron chi connectivity index (χ2n) is 5.40. The fourth-order valence-electron chi connectivity index (χ4n) is 2.59. The Labute approximate surface area is 133 Å². The van der Waals surface area contributed by atoms with Crippen LogP contribution in [0.5, 0.6) is 0 Å². The van der Waals surface area contributed by atoms with Crippen LogP contribution in [0.3, 0.4) is 0 Å². The van der Waals surface area contributed by atoms with Crippen LogP contribution in [-0.4, -0.2) is 21.2 Å². The first kappa shape index (κ1) is 15.0. The lowest BCUT2D eigenvalue weighted by Crippen LogP contribution is -2.23. The summed E-state index contributed by atoms with van der Waals surface area (Å²) in [4.78, 5) is 4.38. The van der Waals surface area contributed by atoms with Crippen molar-refractivity contribution in [2.45, 2.75) is 38.1 Å². The van der Waals surface area contributed by atoms with E-state index in [1.54, 1.807) is 12.3 Å². The zero-order valence-corrected chi connectivity index (χ0v) is 12.8. The summed E-state index contributed by atoms with van der Waals surface area (Å²) in [6.45, 7) is 0. The van der Waals surface area contributed by atoms with Crippen LogP contribution in [0.1, 0.15) is 32.1 Å². The predicted octanol–water partition coefficient (Wildman–Crippen LogP) is 4.15. The molecule has 7 heteroatoms. The molecule has 1 aromatic carbocycles. The molecule has 1 aliphatic rings. The van der Waals surface area contributed by atoms with E-state index in [4.69, 9.17) is 11.6 Å². The Hall–Kier alpha value is -1.95. The third kappa shape index (κ3) is 3.82. The van der Waals surface area contributed by atoms with Gasteiger partial charge in [-0.1, -0.05) is 30.9 Å². The van der Waals surface area contributed by atoms with Gasteiger partial charge in [-0.25, -0.2) is 4.39 Å². The largest absolute Gasteiger partial charge is 0.366 e. The van der Waals surface area contributed by atoms with Crippen molar-refractivity contribution < 1.29 is 4.39 Å². The molecule has 1 aliphatic carbocycles. The van der Waals surface area contributed by atoms with Gasteiger partial charge >= 0.3 is 0 Å². The second-order valence-corrected chi connectivity index (χ2v) is 5.81. The molecule has 0 saturated heterocycles. The highest BCUT2D eigenvalue weighted by atomic mass is 35.5. The summed E-state index contributed by atoms with van der Waals surface area (Å²) in [6, 6.07) is 4.80. The van der Waals surface area contributed by atoms with Gasteiger partial charge in [0.1, 0.15) is 5.82 Å². The van der Waals surface area contributed by atoms with Crippen LogP contribution in [0.25, 0.3) is 0 Å². The van der Waals surface area contributed by atoms with Gasteiger partial charge in [0.15, 0.2) is 5.82 Å². The van der Waals surface area contributed by atoms with Gasteiger partial charge in [0.2, 0.25) is 5.95 Å². The van der Waals surface area contributed by atoms with Crippen molar-refractivity contribution in [3.63, 3.8) is 0 Å². The van der Waals surface area contributed by atoms with Gasteiger partial charge in [-0.15, -0.1) is 5.10 Å². The van der Waals surface area contributed by atoms with Crippen LogP contribution in [-0.2, 0) is 0 Å². The number of benzene rings is 1. The second kappa shape index (κ2) is 6.87. The molecule has 1 fully saturated rings. The molecule has 0 spiro atoms. The lowest BCUT2D eigenvalue weighted by atomic mass is 9.96. The molecular weight excluding hydrogens is 305 g/mol. The fraction of sp³-hybridized carbons (Fsp3) is 0.400. The lowest BCUT2D eigenvalue weighted by Gasteiger charge is -2.23. The first-order valence-corrected chi connectivity index (χ1v) is 7.77. The van der Waals surface area contributed by atoms with Crippen molar-refractivity contribution in [1.82, 2.24) is 15.2 Å². The van der Waals surface area contributed by atoms with E-state index in [-0.39, 0.29) is 5.02 Å². The summed E-state index contributed by atoms with van der Waals surface area (Å²) in [5, 5.41) is 14.3. The number of anilines is 3. The average molecular weight is 322 g/mol. The molecule has 0 bridgehead atoms. The molecule has 3 rings (SSSR count). The zero-order chi connectivity index (χ0) is 15.4. The monoisotopic (exact) mass is 321 g/mol. The van der Waals surface area contributed by atoms with Crippen molar-refractivity contribution >= 4 is 29.1 Å². The summed E-state index contributed by atoms with van der Waals surface area (Å²) < 4.78 is 13.1. The number of aromatic nitrogens is 3. The summed E-state index contributed by atoms with van der Waals surface area (Å²) in [7, 11) is 0. The predicted molar refractivity (Wildman–Crippen MR) is 85.0 cm³/mol. The average Bonchev–Trinajstić information content (AvgIpc) is 2.52. The molecule has 5 nitrogen and oxygen atoms in total. The van der Waals surface area contributed by atoms with Gasteiger partial charge in [0, 0.05) is 11.7 Å². The Morgan fingerprint density at radius 1 is 1.18 bits per heavy atom. The summed E-state index contributed by atoms with van der Waals surface area (Å²) in [5.74, 6) is 0.583. The molecular formula is C15H17ClFN5. The Balaban J connectivity index is 1.68. The molecule has 1 heterocycles. The molecule has 116 valence electrons. The quantitative estimate of drug-likeness (QED) is 0.885. The Morgan fingerprint density at radius 2 is 2.00 bits per heavy atom. The van der Waals surface area contributed by atoms with E-state index in [9.17, 15) is 4.39 Å². The Morgan fingerprint density at radius 3 is 2.77 bits per heavy atom. The first-order chi connectivity index (χ1) is 10.7. The van der Waals surface area contributed by atoms with Crippen LogP contribution >= 0.6 is 11.6 Å². The highest BCUT2D eigenvalue weighted by molar-refractivity contribution is 6.31. The molecule has 0 aliphatic heterocycles. The molecule has 0 radical (unpaired) electrons. The Bertz CT molecular complexity index is 646. The Kier molecular flexibility index (Phi) is 4.68. The topological polar surface area (TPSA) is 62.7 Å². The normalized spacial score (nSPS) is 15.5. The minimum atomic E-state index is -0.459. The van der Waals surface area contributed by atoms with Gasteiger partial charge in [0.25, 0.3) is 0 Å². The first-order valence-electron chi connectivity index (χ1n) is 7.39. The van der Waals surface area contributed by atoms with Crippen molar-refractivity contribution in [3.05, 3.63) is 35.2 Å². The molecule has 0 unspecified atom stereocenters. The molecule has 0 amide bonds. The van der Waals surface area contributed by atoms with Crippen LogP contribution in [0.15, 0.2) is 24.4 Å². The highest BCUT2D eigenvalue weighted by Gasteiger charge is 2.14. The SMILES string of the molecule is Fc1ccc(Nc2nncc(NC3CCCCC3)n2)cc1Cl. The van der Waals surface area contributed by atoms with Gasteiger partial charge in [0.05, 0.1) is 11.2 Å². The van der Waals surface area contributed by atoms with E-state index >= 15 is 0 Å². The van der Waals surface area contributed by atoms with E-state index in [1.165, 1.54) is 31.4 Å². The van der Waals surface area contributed by atoms with E-state index in [2.05, 4.69) is 25.8 Å². The van der Waals surface area contributed by atoms with Crippen molar-refractivity contribution in [2.24, 2.45) is 0 Å². The maximum atomic E-state index is 13.1. The fourth-order valence-corrected chi connectivity index (χ4v) is 2.77. The number of hydrogen-bond acceptors (Lipinski definition) is 5. The number of nitrogens with zero attached hydrogens (tertiary/aromatic N) is 3. The minimum absolute atomic E-state index is 0.0504. The smallest absolute Gasteiger partial charge is 0.249 e. The molecule has 0 atom stereocenters. The van der Waals surface area contributed by atoms with Crippen LogP contribution in [0.4, 0.5) is 21.8 Å². The number of halogens is 2. The van der Waals surface area contributed by atoms with Crippen LogP contribution < -0.4 is 10.6 Å². The number of hydrogen-bond donors (Lipinski definition) is 2. The van der Waals surface area contributed by atoms with Gasteiger partial charge in [-0.05, 0) is 31.0 Å². The zero-order valence-electron chi connectivity index (χ0n) is 12.0. The summed E-state index contributed by atoms with van der Waals surface area (Å²) >= 11 is 5.76. The van der Waals surface area contributed by atoms with Gasteiger partial charge in [-0.3, -0.25) is 0 Å². The molecule has 22 heavy (non-hydrogen) atoms.